The molecule has 0 radical (unpaired) electrons. The summed E-state index contributed by atoms with van der Waals surface area (Å²) in [5.41, 5.74) is 1.55. The first kappa shape index (κ1) is 14.4. The van der Waals surface area contributed by atoms with Gasteiger partial charge >= 0.3 is 0 Å². The smallest absolute Gasteiger partial charge is 0.115 e. The lowest BCUT2D eigenvalue weighted by atomic mass is 9.76. The first-order valence-corrected chi connectivity index (χ1v) is 7.54. The average molecular weight is 261 g/mol. The molecule has 1 fully saturated rings. The zero-order chi connectivity index (χ0) is 13.7. The van der Waals surface area contributed by atoms with Gasteiger partial charge in [-0.25, -0.2) is 9.97 Å². The van der Waals surface area contributed by atoms with E-state index in [1.165, 1.54) is 32.1 Å². The van der Waals surface area contributed by atoms with Gasteiger partial charge in [0.1, 0.15) is 6.33 Å². The van der Waals surface area contributed by atoms with Gasteiger partial charge in [0.05, 0.1) is 5.69 Å². The molecule has 0 saturated heterocycles. The second kappa shape index (κ2) is 6.47. The normalized spacial score (nSPS) is 25.0. The van der Waals surface area contributed by atoms with Gasteiger partial charge in [-0.05, 0) is 43.1 Å². The molecule has 0 amide bonds. The second-order valence-electron chi connectivity index (χ2n) is 6.85. The number of aromatic nitrogens is 2. The predicted octanol–water partition coefficient (Wildman–Crippen LogP) is 3.56. The molecule has 1 saturated carbocycles. The van der Waals surface area contributed by atoms with E-state index in [-0.39, 0.29) is 0 Å². The topological polar surface area (TPSA) is 37.8 Å². The maximum Gasteiger partial charge on any atom is 0.115 e. The Balaban J connectivity index is 1.80. The van der Waals surface area contributed by atoms with Crippen molar-refractivity contribution in [3.63, 3.8) is 0 Å². The van der Waals surface area contributed by atoms with Crippen molar-refractivity contribution in [1.82, 2.24) is 15.3 Å². The summed E-state index contributed by atoms with van der Waals surface area (Å²) in [6.45, 7) is 8.01. The Kier molecular flexibility index (Phi) is 4.92. The summed E-state index contributed by atoms with van der Waals surface area (Å²) in [7, 11) is 0. The van der Waals surface area contributed by atoms with Gasteiger partial charge in [0.25, 0.3) is 0 Å². The number of nitrogens with zero attached hydrogens (tertiary/aromatic N) is 2. The molecule has 1 aromatic heterocycles. The van der Waals surface area contributed by atoms with Crippen molar-refractivity contribution in [2.75, 3.05) is 0 Å². The lowest BCUT2D eigenvalue weighted by Crippen LogP contribution is -2.28. The number of hydrogen-bond acceptors (Lipinski definition) is 3. The lowest BCUT2D eigenvalue weighted by molar-refractivity contribution is 0.213. The molecule has 1 aliphatic carbocycles. The molecule has 2 atom stereocenters. The minimum atomic E-state index is 0.460. The predicted molar refractivity (Wildman–Crippen MR) is 78.7 cm³/mol. The molecule has 19 heavy (non-hydrogen) atoms. The van der Waals surface area contributed by atoms with Crippen molar-refractivity contribution in [3.8, 4) is 0 Å². The van der Waals surface area contributed by atoms with Gasteiger partial charge < -0.3 is 5.32 Å². The van der Waals surface area contributed by atoms with Crippen molar-refractivity contribution in [3.05, 3.63) is 24.3 Å². The van der Waals surface area contributed by atoms with E-state index < -0.39 is 0 Å². The van der Waals surface area contributed by atoms with Crippen LogP contribution in [-0.2, 0) is 6.54 Å². The molecule has 0 aromatic carbocycles. The minimum absolute atomic E-state index is 0.460. The molecule has 3 heteroatoms. The average Bonchev–Trinajstić information content (AvgIpc) is 2.62. The monoisotopic (exact) mass is 261 g/mol. The van der Waals surface area contributed by atoms with Gasteiger partial charge in [0.2, 0.25) is 0 Å². The Morgan fingerprint density at radius 1 is 1.21 bits per heavy atom. The van der Waals surface area contributed by atoms with Crippen LogP contribution in [0.5, 0.6) is 0 Å². The summed E-state index contributed by atoms with van der Waals surface area (Å²) in [5, 5.41) is 3.66. The molecule has 2 unspecified atom stereocenters. The van der Waals surface area contributed by atoms with Gasteiger partial charge in [-0.2, -0.15) is 0 Å². The second-order valence-corrected chi connectivity index (χ2v) is 6.85. The number of rotatable bonds is 3. The highest BCUT2D eigenvalue weighted by atomic mass is 14.9. The SMILES string of the molecule is CC(C)(C)C1CCCC(NCc2ccncn2)CC1. The Morgan fingerprint density at radius 3 is 2.74 bits per heavy atom. The molecule has 0 aliphatic heterocycles. The van der Waals surface area contributed by atoms with Gasteiger partial charge in [-0.1, -0.05) is 27.2 Å². The van der Waals surface area contributed by atoms with E-state index in [4.69, 9.17) is 0 Å². The summed E-state index contributed by atoms with van der Waals surface area (Å²) in [6, 6.07) is 2.64. The fraction of sp³-hybridized carbons (Fsp3) is 0.750. The number of hydrogen-bond donors (Lipinski definition) is 1. The fourth-order valence-corrected chi connectivity index (χ4v) is 3.04. The Bertz CT molecular complexity index is 369. The maximum absolute atomic E-state index is 4.27. The van der Waals surface area contributed by atoms with Crippen molar-refractivity contribution < 1.29 is 0 Å². The van der Waals surface area contributed by atoms with E-state index in [9.17, 15) is 0 Å². The van der Waals surface area contributed by atoms with Crippen LogP contribution < -0.4 is 5.32 Å². The highest BCUT2D eigenvalue weighted by Gasteiger charge is 2.27. The minimum Gasteiger partial charge on any atom is -0.308 e. The van der Waals surface area contributed by atoms with Crippen LogP contribution in [0.4, 0.5) is 0 Å². The summed E-state index contributed by atoms with van der Waals surface area (Å²) in [4.78, 5) is 8.22. The summed E-state index contributed by atoms with van der Waals surface area (Å²) < 4.78 is 0. The molecule has 2 rings (SSSR count). The zero-order valence-corrected chi connectivity index (χ0v) is 12.5. The van der Waals surface area contributed by atoms with Crippen molar-refractivity contribution in [2.45, 2.75) is 65.5 Å². The molecule has 0 spiro atoms. The Morgan fingerprint density at radius 2 is 2.05 bits per heavy atom. The molecule has 1 aliphatic rings. The third-order valence-electron chi connectivity index (χ3n) is 4.41. The zero-order valence-electron chi connectivity index (χ0n) is 12.5. The van der Waals surface area contributed by atoms with Crippen molar-refractivity contribution in [1.29, 1.82) is 0 Å². The van der Waals surface area contributed by atoms with Gasteiger partial charge in [-0.15, -0.1) is 0 Å². The summed E-state index contributed by atoms with van der Waals surface area (Å²) >= 11 is 0. The van der Waals surface area contributed by atoms with Crippen LogP contribution in [0.25, 0.3) is 0 Å². The van der Waals surface area contributed by atoms with Crippen LogP contribution in [0.3, 0.4) is 0 Å². The molecular weight excluding hydrogens is 234 g/mol. The van der Waals surface area contributed by atoms with Crippen LogP contribution in [0.1, 0.15) is 58.6 Å². The molecule has 3 nitrogen and oxygen atoms in total. The van der Waals surface area contributed by atoms with E-state index >= 15 is 0 Å². The molecule has 106 valence electrons. The fourth-order valence-electron chi connectivity index (χ4n) is 3.04. The van der Waals surface area contributed by atoms with Gasteiger partial charge in [-0.3, -0.25) is 0 Å². The van der Waals surface area contributed by atoms with Crippen LogP contribution in [-0.4, -0.2) is 16.0 Å². The van der Waals surface area contributed by atoms with Crippen LogP contribution >= 0.6 is 0 Å². The molecule has 1 aromatic rings. The molecule has 1 heterocycles. The largest absolute Gasteiger partial charge is 0.308 e. The Labute approximate surface area is 117 Å². The van der Waals surface area contributed by atoms with E-state index in [1.54, 1.807) is 6.33 Å². The van der Waals surface area contributed by atoms with Crippen LogP contribution in [0.15, 0.2) is 18.6 Å². The standard InChI is InChI=1S/C16H27N3/c1-16(2,3)13-5-4-6-14(8-7-13)18-11-15-9-10-17-12-19-15/h9-10,12-14,18H,4-8,11H2,1-3H3. The first-order valence-electron chi connectivity index (χ1n) is 7.54. The van der Waals surface area contributed by atoms with Gasteiger partial charge in [0, 0.05) is 18.8 Å². The highest BCUT2D eigenvalue weighted by Crippen LogP contribution is 2.36. The van der Waals surface area contributed by atoms with Crippen LogP contribution in [0.2, 0.25) is 0 Å². The lowest BCUT2D eigenvalue weighted by Gasteiger charge is -2.29. The van der Waals surface area contributed by atoms with E-state index in [0.717, 1.165) is 18.2 Å². The van der Waals surface area contributed by atoms with Crippen molar-refractivity contribution >= 4 is 0 Å². The molecular formula is C16H27N3. The van der Waals surface area contributed by atoms with Gasteiger partial charge in [0.15, 0.2) is 0 Å². The third kappa shape index (κ3) is 4.57. The van der Waals surface area contributed by atoms with E-state index in [2.05, 4.69) is 36.1 Å². The van der Waals surface area contributed by atoms with Crippen molar-refractivity contribution in [2.24, 2.45) is 11.3 Å². The Hall–Kier alpha value is -0.960. The molecule has 1 N–H and O–H groups in total. The molecule has 0 bridgehead atoms. The van der Waals surface area contributed by atoms with E-state index in [0.29, 0.717) is 11.5 Å². The van der Waals surface area contributed by atoms with Crippen LogP contribution in [0, 0.1) is 11.3 Å². The summed E-state index contributed by atoms with van der Waals surface area (Å²) in [5.74, 6) is 0.873. The van der Waals surface area contributed by atoms with E-state index in [1.807, 2.05) is 12.3 Å². The first-order chi connectivity index (χ1) is 9.05. The third-order valence-corrected chi connectivity index (χ3v) is 4.41. The summed E-state index contributed by atoms with van der Waals surface area (Å²) in [6.07, 6.45) is 10.1. The number of nitrogens with one attached hydrogen (secondary N) is 1. The maximum atomic E-state index is 4.27. The quantitative estimate of drug-likeness (QED) is 0.845. The highest BCUT2D eigenvalue weighted by molar-refractivity contribution is 4.97.